The standard InChI is InChI=1S/C19H23NO3/c1-13-5-9-18(10-6-13)23-15(3)19(21)20-14(2)16-7-11-17(22-4)12-8-16/h5-12,14-15H,1-4H3,(H,20,21)/t14-,15-/m1/s1. The highest BCUT2D eigenvalue weighted by Gasteiger charge is 2.17. The van der Waals surface area contributed by atoms with Gasteiger partial charge in [-0.1, -0.05) is 29.8 Å². The highest BCUT2D eigenvalue weighted by molar-refractivity contribution is 5.81. The van der Waals surface area contributed by atoms with Crippen molar-refractivity contribution in [2.24, 2.45) is 0 Å². The summed E-state index contributed by atoms with van der Waals surface area (Å²) < 4.78 is 10.8. The lowest BCUT2D eigenvalue weighted by molar-refractivity contribution is -0.127. The van der Waals surface area contributed by atoms with Gasteiger partial charge in [-0.3, -0.25) is 4.79 Å². The molecule has 0 heterocycles. The van der Waals surface area contributed by atoms with E-state index in [1.54, 1.807) is 14.0 Å². The van der Waals surface area contributed by atoms with Gasteiger partial charge in [-0.25, -0.2) is 0 Å². The molecule has 0 unspecified atom stereocenters. The Kier molecular flexibility index (Phi) is 5.63. The van der Waals surface area contributed by atoms with Crippen LogP contribution in [0.25, 0.3) is 0 Å². The summed E-state index contributed by atoms with van der Waals surface area (Å²) in [7, 11) is 1.63. The number of amides is 1. The van der Waals surface area contributed by atoms with E-state index in [1.807, 2.05) is 62.4 Å². The zero-order valence-corrected chi connectivity index (χ0v) is 14.0. The highest BCUT2D eigenvalue weighted by Crippen LogP contribution is 2.18. The van der Waals surface area contributed by atoms with Gasteiger partial charge in [0.15, 0.2) is 6.10 Å². The molecule has 2 aromatic carbocycles. The minimum absolute atomic E-state index is 0.0996. The lowest BCUT2D eigenvalue weighted by Gasteiger charge is -2.19. The van der Waals surface area contributed by atoms with Crippen LogP contribution in [0.2, 0.25) is 0 Å². The van der Waals surface area contributed by atoms with Crippen LogP contribution in [-0.2, 0) is 4.79 Å². The van der Waals surface area contributed by atoms with Gasteiger partial charge in [0.25, 0.3) is 5.91 Å². The van der Waals surface area contributed by atoms with Gasteiger partial charge < -0.3 is 14.8 Å². The van der Waals surface area contributed by atoms with E-state index in [2.05, 4.69) is 5.32 Å². The molecule has 1 amide bonds. The van der Waals surface area contributed by atoms with Gasteiger partial charge in [-0.05, 0) is 50.6 Å². The smallest absolute Gasteiger partial charge is 0.261 e. The summed E-state index contributed by atoms with van der Waals surface area (Å²) in [5.74, 6) is 1.34. The maximum atomic E-state index is 12.3. The summed E-state index contributed by atoms with van der Waals surface area (Å²) in [6, 6.07) is 15.2. The summed E-state index contributed by atoms with van der Waals surface area (Å²) in [4.78, 5) is 12.3. The Morgan fingerprint density at radius 2 is 1.52 bits per heavy atom. The van der Waals surface area contributed by atoms with Gasteiger partial charge in [-0.15, -0.1) is 0 Å². The molecule has 0 saturated carbocycles. The quantitative estimate of drug-likeness (QED) is 0.885. The molecule has 0 aliphatic rings. The lowest BCUT2D eigenvalue weighted by Crippen LogP contribution is -2.37. The SMILES string of the molecule is COc1ccc([C@@H](C)NC(=O)[C@@H](C)Oc2ccc(C)cc2)cc1. The van der Waals surface area contributed by atoms with E-state index >= 15 is 0 Å². The second-order valence-electron chi connectivity index (χ2n) is 5.58. The number of ether oxygens (including phenoxy) is 2. The summed E-state index contributed by atoms with van der Waals surface area (Å²) in [6.45, 7) is 5.70. The van der Waals surface area contributed by atoms with Crippen LogP contribution >= 0.6 is 0 Å². The van der Waals surface area contributed by atoms with Gasteiger partial charge >= 0.3 is 0 Å². The van der Waals surface area contributed by atoms with Gasteiger partial charge in [0.05, 0.1) is 13.2 Å². The minimum atomic E-state index is -0.557. The Bertz CT molecular complexity index is 635. The van der Waals surface area contributed by atoms with Gasteiger partial charge in [0.2, 0.25) is 0 Å². The van der Waals surface area contributed by atoms with E-state index in [0.29, 0.717) is 5.75 Å². The van der Waals surface area contributed by atoms with Crippen LogP contribution in [0.3, 0.4) is 0 Å². The fraction of sp³-hybridized carbons (Fsp3) is 0.316. The van der Waals surface area contributed by atoms with Crippen molar-refractivity contribution in [1.29, 1.82) is 0 Å². The number of carbonyl (C=O) groups is 1. The molecule has 1 N–H and O–H groups in total. The molecule has 4 heteroatoms. The van der Waals surface area contributed by atoms with Crippen molar-refractivity contribution >= 4 is 5.91 Å². The molecule has 2 aromatic rings. The van der Waals surface area contributed by atoms with Crippen molar-refractivity contribution in [2.75, 3.05) is 7.11 Å². The number of benzene rings is 2. The van der Waals surface area contributed by atoms with E-state index in [1.165, 1.54) is 0 Å². The van der Waals surface area contributed by atoms with Crippen molar-refractivity contribution in [2.45, 2.75) is 32.9 Å². The molecule has 0 aromatic heterocycles. The molecule has 2 rings (SSSR count). The Hall–Kier alpha value is -2.49. The van der Waals surface area contributed by atoms with E-state index in [9.17, 15) is 4.79 Å². The fourth-order valence-electron chi connectivity index (χ4n) is 2.18. The maximum absolute atomic E-state index is 12.3. The van der Waals surface area contributed by atoms with Gasteiger partial charge in [-0.2, -0.15) is 0 Å². The molecule has 4 nitrogen and oxygen atoms in total. The molecule has 0 bridgehead atoms. The minimum Gasteiger partial charge on any atom is -0.497 e. The molecule has 0 aliphatic heterocycles. The zero-order valence-electron chi connectivity index (χ0n) is 14.0. The number of hydrogen-bond donors (Lipinski definition) is 1. The maximum Gasteiger partial charge on any atom is 0.261 e. The van der Waals surface area contributed by atoms with Crippen LogP contribution in [0.4, 0.5) is 0 Å². The first-order valence-corrected chi connectivity index (χ1v) is 7.67. The van der Waals surface area contributed by atoms with Crippen molar-refractivity contribution < 1.29 is 14.3 Å². The van der Waals surface area contributed by atoms with Crippen molar-refractivity contribution in [3.05, 3.63) is 59.7 Å². The molecule has 23 heavy (non-hydrogen) atoms. The van der Waals surface area contributed by atoms with Crippen LogP contribution in [0, 0.1) is 6.92 Å². The fourth-order valence-corrected chi connectivity index (χ4v) is 2.18. The summed E-state index contributed by atoms with van der Waals surface area (Å²) in [6.07, 6.45) is -0.557. The van der Waals surface area contributed by atoms with Gasteiger partial charge in [0, 0.05) is 0 Å². The predicted molar refractivity (Wildman–Crippen MR) is 90.8 cm³/mol. The van der Waals surface area contributed by atoms with E-state index < -0.39 is 6.10 Å². The average molecular weight is 313 g/mol. The zero-order chi connectivity index (χ0) is 16.8. The third-order valence-electron chi connectivity index (χ3n) is 3.68. The van der Waals surface area contributed by atoms with E-state index in [0.717, 1.165) is 16.9 Å². The topological polar surface area (TPSA) is 47.6 Å². The number of hydrogen-bond acceptors (Lipinski definition) is 3. The van der Waals surface area contributed by atoms with E-state index in [-0.39, 0.29) is 11.9 Å². The molecular weight excluding hydrogens is 290 g/mol. The van der Waals surface area contributed by atoms with Gasteiger partial charge in [0.1, 0.15) is 11.5 Å². The third kappa shape index (κ3) is 4.74. The van der Waals surface area contributed by atoms with E-state index in [4.69, 9.17) is 9.47 Å². The summed E-state index contributed by atoms with van der Waals surface area (Å²) in [5.41, 5.74) is 2.17. The second kappa shape index (κ2) is 7.68. The van der Waals surface area contributed by atoms with Crippen molar-refractivity contribution in [1.82, 2.24) is 5.32 Å². The molecule has 0 fully saturated rings. The molecule has 2 atom stereocenters. The highest BCUT2D eigenvalue weighted by atomic mass is 16.5. The Morgan fingerprint density at radius 3 is 2.09 bits per heavy atom. The van der Waals surface area contributed by atoms with Crippen LogP contribution in [0.15, 0.2) is 48.5 Å². The van der Waals surface area contributed by atoms with Crippen molar-refractivity contribution in [3.63, 3.8) is 0 Å². The first-order chi connectivity index (χ1) is 11.0. The summed E-state index contributed by atoms with van der Waals surface area (Å²) >= 11 is 0. The molecule has 0 aliphatic carbocycles. The number of methoxy groups -OCH3 is 1. The Labute approximate surface area is 137 Å². The normalized spacial score (nSPS) is 13.0. The van der Waals surface area contributed by atoms with Crippen LogP contribution in [0.5, 0.6) is 11.5 Å². The van der Waals surface area contributed by atoms with Crippen LogP contribution < -0.4 is 14.8 Å². The average Bonchev–Trinajstić information content (AvgIpc) is 2.56. The first-order valence-electron chi connectivity index (χ1n) is 7.67. The predicted octanol–water partition coefficient (Wildman–Crippen LogP) is 3.65. The molecule has 0 spiro atoms. The molecule has 0 saturated heterocycles. The lowest BCUT2D eigenvalue weighted by atomic mass is 10.1. The number of rotatable bonds is 6. The first kappa shape index (κ1) is 16.9. The molecule has 0 radical (unpaired) electrons. The third-order valence-corrected chi connectivity index (χ3v) is 3.68. The Morgan fingerprint density at radius 1 is 0.957 bits per heavy atom. The Balaban J connectivity index is 1.92. The number of aryl methyl sites for hydroxylation is 1. The number of carbonyl (C=O) groups excluding carboxylic acids is 1. The van der Waals surface area contributed by atoms with Crippen LogP contribution in [0.1, 0.15) is 31.0 Å². The van der Waals surface area contributed by atoms with Crippen LogP contribution in [-0.4, -0.2) is 19.1 Å². The number of nitrogens with one attached hydrogen (secondary N) is 1. The monoisotopic (exact) mass is 313 g/mol. The second-order valence-corrected chi connectivity index (χ2v) is 5.58. The molecular formula is C19H23NO3. The molecule has 122 valence electrons. The van der Waals surface area contributed by atoms with Crippen molar-refractivity contribution in [3.8, 4) is 11.5 Å². The largest absolute Gasteiger partial charge is 0.497 e. The summed E-state index contributed by atoms with van der Waals surface area (Å²) in [5, 5.41) is 2.96.